The van der Waals surface area contributed by atoms with Crippen LogP contribution in [0.3, 0.4) is 0 Å². The Hall–Kier alpha value is -2.43. The van der Waals surface area contributed by atoms with E-state index in [0.29, 0.717) is 27.2 Å². The van der Waals surface area contributed by atoms with Crippen LogP contribution >= 0.6 is 23.2 Å². The highest BCUT2D eigenvalue weighted by Crippen LogP contribution is 2.26. The molecule has 0 aliphatic heterocycles. The van der Waals surface area contributed by atoms with Gasteiger partial charge in [-0.05, 0) is 42.5 Å². The van der Waals surface area contributed by atoms with E-state index in [1.807, 2.05) is 12.1 Å². The zero-order valence-electron chi connectivity index (χ0n) is 11.8. The maximum absolute atomic E-state index is 12.2. The van der Waals surface area contributed by atoms with Crippen molar-refractivity contribution in [1.82, 2.24) is 0 Å². The highest BCUT2D eigenvalue weighted by molar-refractivity contribution is 6.31. The van der Waals surface area contributed by atoms with Crippen molar-refractivity contribution in [3.8, 4) is 11.3 Å². The third-order valence-corrected chi connectivity index (χ3v) is 3.67. The van der Waals surface area contributed by atoms with Gasteiger partial charge in [-0.25, -0.2) is 0 Å². The molecule has 3 N–H and O–H groups in total. The Morgan fingerprint density at radius 1 is 1.00 bits per heavy atom. The molecule has 1 aromatic heterocycles. The van der Waals surface area contributed by atoms with Gasteiger partial charge < -0.3 is 15.5 Å². The van der Waals surface area contributed by atoms with Crippen molar-refractivity contribution in [1.29, 1.82) is 0 Å². The summed E-state index contributed by atoms with van der Waals surface area (Å²) in [5, 5.41) is 3.79. The van der Waals surface area contributed by atoms with Crippen molar-refractivity contribution in [2.45, 2.75) is 0 Å². The van der Waals surface area contributed by atoms with Crippen molar-refractivity contribution in [3.63, 3.8) is 0 Å². The van der Waals surface area contributed by atoms with Gasteiger partial charge in [-0.3, -0.25) is 4.79 Å². The Balaban J connectivity index is 1.81. The van der Waals surface area contributed by atoms with Gasteiger partial charge in [0.05, 0.1) is 11.4 Å². The number of furan rings is 1. The summed E-state index contributed by atoms with van der Waals surface area (Å²) in [7, 11) is 0. The topological polar surface area (TPSA) is 68.3 Å². The lowest BCUT2D eigenvalue weighted by molar-refractivity contribution is 0.0997. The monoisotopic (exact) mass is 346 g/mol. The van der Waals surface area contributed by atoms with Crippen LogP contribution in [0, 0.1) is 0 Å². The zero-order valence-corrected chi connectivity index (χ0v) is 13.4. The molecule has 0 aliphatic rings. The minimum Gasteiger partial charge on any atom is -0.451 e. The van der Waals surface area contributed by atoms with Gasteiger partial charge in [-0.1, -0.05) is 35.3 Å². The number of carbonyl (C=O) groups excluding carboxylic acids is 1. The number of carbonyl (C=O) groups is 1. The molecule has 0 saturated heterocycles. The highest BCUT2D eigenvalue weighted by atomic mass is 35.5. The first kappa shape index (κ1) is 15.5. The van der Waals surface area contributed by atoms with Crippen LogP contribution in [-0.4, -0.2) is 5.91 Å². The average molecular weight is 347 g/mol. The quantitative estimate of drug-likeness (QED) is 0.649. The van der Waals surface area contributed by atoms with Gasteiger partial charge >= 0.3 is 0 Å². The van der Waals surface area contributed by atoms with Crippen LogP contribution in [0.25, 0.3) is 11.3 Å². The molecule has 0 bridgehead atoms. The van der Waals surface area contributed by atoms with E-state index in [1.54, 1.807) is 42.5 Å². The largest absolute Gasteiger partial charge is 0.451 e. The molecule has 0 spiro atoms. The summed E-state index contributed by atoms with van der Waals surface area (Å²) in [6.07, 6.45) is 0. The molecule has 0 unspecified atom stereocenters. The van der Waals surface area contributed by atoms with Crippen LogP contribution in [0.15, 0.2) is 59.0 Å². The molecular weight excluding hydrogens is 335 g/mol. The van der Waals surface area contributed by atoms with Crippen molar-refractivity contribution >= 4 is 40.5 Å². The summed E-state index contributed by atoms with van der Waals surface area (Å²) in [5.74, 6) is 0.336. The second-order valence-electron chi connectivity index (χ2n) is 4.86. The standard InChI is InChI=1S/C17H12Cl2N2O2/c18-11-3-1-2-10(8-11)15-6-7-16(23-15)17(22)21-14-5-4-12(19)9-13(14)20/h1-9H,20H2,(H,21,22). The molecule has 0 saturated carbocycles. The van der Waals surface area contributed by atoms with E-state index in [1.165, 1.54) is 0 Å². The molecular formula is C17H12Cl2N2O2. The average Bonchev–Trinajstić information content (AvgIpc) is 3.00. The molecule has 6 heteroatoms. The molecule has 1 heterocycles. The fourth-order valence-electron chi connectivity index (χ4n) is 2.09. The highest BCUT2D eigenvalue weighted by Gasteiger charge is 2.14. The fraction of sp³-hybridized carbons (Fsp3) is 0. The molecule has 3 aromatic rings. The summed E-state index contributed by atoms with van der Waals surface area (Å²) in [6.45, 7) is 0. The van der Waals surface area contributed by atoms with Crippen LogP contribution < -0.4 is 11.1 Å². The Labute approximate surface area is 142 Å². The molecule has 3 rings (SSSR count). The number of rotatable bonds is 3. The number of benzene rings is 2. The van der Waals surface area contributed by atoms with E-state index in [2.05, 4.69) is 5.32 Å². The Bertz CT molecular complexity index is 875. The number of anilines is 2. The molecule has 116 valence electrons. The lowest BCUT2D eigenvalue weighted by atomic mass is 10.2. The van der Waals surface area contributed by atoms with Crippen LogP contribution in [0.2, 0.25) is 10.0 Å². The zero-order chi connectivity index (χ0) is 16.4. The van der Waals surface area contributed by atoms with Crippen molar-refractivity contribution in [2.75, 3.05) is 11.1 Å². The van der Waals surface area contributed by atoms with Gasteiger partial charge in [-0.15, -0.1) is 0 Å². The number of hydrogen-bond acceptors (Lipinski definition) is 3. The molecule has 0 fully saturated rings. The van der Waals surface area contributed by atoms with E-state index in [-0.39, 0.29) is 5.76 Å². The van der Waals surface area contributed by atoms with Gasteiger partial charge in [0.2, 0.25) is 0 Å². The van der Waals surface area contributed by atoms with E-state index in [4.69, 9.17) is 33.4 Å². The van der Waals surface area contributed by atoms with Crippen molar-refractivity contribution < 1.29 is 9.21 Å². The van der Waals surface area contributed by atoms with Crippen molar-refractivity contribution in [3.05, 3.63) is 70.4 Å². The second-order valence-corrected chi connectivity index (χ2v) is 5.73. The van der Waals surface area contributed by atoms with E-state index in [9.17, 15) is 4.79 Å². The SMILES string of the molecule is Nc1cc(Cl)ccc1NC(=O)c1ccc(-c2cccc(Cl)c2)o1. The predicted molar refractivity (Wildman–Crippen MR) is 93.0 cm³/mol. The summed E-state index contributed by atoms with van der Waals surface area (Å²) in [6, 6.07) is 15.4. The number of hydrogen-bond donors (Lipinski definition) is 2. The number of nitrogens with one attached hydrogen (secondary N) is 1. The normalized spacial score (nSPS) is 10.5. The van der Waals surface area contributed by atoms with Gasteiger partial charge in [0.25, 0.3) is 5.91 Å². The summed E-state index contributed by atoms with van der Waals surface area (Å²) in [4.78, 5) is 12.2. The van der Waals surface area contributed by atoms with E-state index in [0.717, 1.165) is 5.56 Å². The van der Waals surface area contributed by atoms with Gasteiger partial charge in [0.1, 0.15) is 5.76 Å². The van der Waals surface area contributed by atoms with Crippen LogP contribution in [0.5, 0.6) is 0 Å². The lowest BCUT2D eigenvalue weighted by Gasteiger charge is -2.07. The lowest BCUT2D eigenvalue weighted by Crippen LogP contribution is -2.12. The van der Waals surface area contributed by atoms with Gasteiger partial charge in [0.15, 0.2) is 5.76 Å². The van der Waals surface area contributed by atoms with E-state index < -0.39 is 5.91 Å². The molecule has 0 atom stereocenters. The minimum absolute atomic E-state index is 0.175. The van der Waals surface area contributed by atoms with Crippen LogP contribution in [0.1, 0.15) is 10.6 Å². The van der Waals surface area contributed by atoms with Gasteiger partial charge in [0, 0.05) is 15.6 Å². The summed E-state index contributed by atoms with van der Waals surface area (Å²) >= 11 is 11.8. The fourth-order valence-corrected chi connectivity index (χ4v) is 2.46. The Morgan fingerprint density at radius 2 is 1.78 bits per heavy atom. The minimum atomic E-state index is -0.396. The first-order valence-corrected chi connectivity index (χ1v) is 7.51. The number of nitrogens with two attached hydrogens (primary N) is 1. The maximum Gasteiger partial charge on any atom is 0.291 e. The molecule has 2 aromatic carbocycles. The number of nitrogen functional groups attached to an aromatic ring is 1. The maximum atomic E-state index is 12.2. The number of amides is 1. The second kappa shape index (κ2) is 6.36. The van der Waals surface area contributed by atoms with Crippen LogP contribution in [-0.2, 0) is 0 Å². The number of halogens is 2. The molecule has 4 nitrogen and oxygen atoms in total. The molecule has 1 amide bonds. The van der Waals surface area contributed by atoms with Crippen LogP contribution in [0.4, 0.5) is 11.4 Å². The molecule has 23 heavy (non-hydrogen) atoms. The summed E-state index contributed by atoms with van der Waals surface area (Å²) in [5.41, 5.74) is 7.46. The smallest absolute Gasteiger partial charge is 0.291 e. The predicted octanol–water partition coefficient (Wildman–Crippen LogP) is 5.09. The molecule has 0 radical (unpaired) electrons. The van der Waals surface area contributed by atoms with Gasteiger partial charge in [-0.2, -0.15) is 0 Å². The third-order valence-electron chi connectivity index (χ3n) is 3.20. The van der Waals surface area contributed by atoms with Crippen molar-refractivity contribution in [2.24, 2.45) is 0 Å². The Morgan fingerprint density at radius 3 is 2.52 bits per heavy atom. The van der Waals surface area contributed by atoms with E-state index >= 15 is 0 Å². The third kappa shape index (κ3) is 3.50. The Kier molecular flexibility index (Phi) is 4.28. The summed E-state index contributed by atoms with van der Waals surface area (Å²) < 4.78 is 5.58. The molecule has 0 aliphatic carbocycles. The first-order valence-electron chi connectivity index (χ1n) is 6.75. The first-order chi connectivity index (χ1) is 11.0.